The highest BCUT2D eigenvalue weighted by molar-refractivity contribution is 5.26. The maximum absolute atomic E-state index is 6.05. The molecule has 0 bridgehead atoms. The molecule has 0 radical (unpaired) electrons. The molecule has 1 saturated carbocycles. The molecule has 0 heterocycles. The van der Waals surface area contributed by atoms with Crippen LogP contribution in [0.25, 0.3) is 0 Å². The summed E-state index contributed by atoms with van der Waals surface area (Å²) in [7, 11) is 0. The Hall–Kier alpha value is -0.860. The van der Waals surface area contributed by atoms with E-state index in [0.717, 1.165) is 12.5 Å². The fourth-order valence-electron chi connectivity index (χ4n) is 1.96. The van der Waals surface area contributed by atoms with Crippen molar-refractivity contribution in [2.24, 2.45) is 5.92 Å². The highest BCUT2D eigenvalue weighted by Gasteiger charge is 2.27. The predicted octanol–water partition coefficient (Wildman–Crippen LogP) is 4.27. The smallest absolute Gasteiger partial charge is 0.0875 e. The predicted molar refractivity (Wildman–Crippen MR) is 78.1 cm³/mol. The van der Waals surface area contributed by atoms with E-state index >= 15 is 0 Å². The van der Waals surface area contributed by atoms with Crippen LogP contribution in [0.2, 0.25) is 0 Å². The summed E-state index contributed by atoms with van der Waals surface area (Å²) in [6.45, 7) is 9.99. The minimum absolute atomic E-state index is 0.194. The first-order valence-electron chi connectivity index (χ1n) is 7.32. The van der Waals surface area contributed by atoms with Crippen LogP contribution in [0.4, 0.5) is 0 Å². The summed E-state index contributed by atoms with van der Waals surface area (Å²) in [5.41, 5.74) is 2.26. The van der Waals surface area contributed by atoms with Crippen LogP contribution in [0, 0.1) is 5.92 Å². The first kappa shape index (κ1) is 14.5. The maximum atomic E-state index is 6.05. The fourth-order valence-corrected chi connectivity index (χ4v) is 1.96. The van der Waals surface area contributed by atoms with Gasteiger partial charge in [0.2, 0.25) is 0 Å². The summed E-state index contributed by atoms with van der Waals surface area (Å²) in [5, 5.41) is 0. The molecule has 106 valence electrons. The van der Waals surface area contributed by atoms with E-state index in [1.807, 2.05) is 0 Å². The van der Waals surface area contributed by atoms with Crippen molar-refractivity contribution in [3.8, 4) is 0 Å². The molecule has 2 rings (SSSR count). The standard InChI is InChI=1S/C17H26O2/c1-13(2)18-11-14-7-9-16(10-8-14)17(3,4)19-12-15-5-6-15/h7-10,13,15H,5-6,11-12H2,1-4H3. The van der Waals surface area contributed by atoms with Gasteiger partial charge in [-0.2, -0.15) is 0 Å². The molecule has 0 unspecified atom stereocenters. The molecule has 2 heteroatoms. The molecule has 0 amide bonds. The Bertz CT molecular complexity index is 388. The van der Waals surface area contributed by atoms with Crippen LogP contribution < -0.4 is 0 Å². The van der Waals surface area contributed by atoms with Crippen LogP contribution in [0.3, 0.4) is 0 Å². The molecule has 0 atom stereocenters. The van der Waals surface area contributed by atoms with Gasteiger partial charge in [-0.15, -0.1) is 0 Å². The monoisotopic (exact) mass is 262 g/mol. The Kier molecular flexibility index (Phi) is 4.64. The summed E-state index contributed by atoms with van der Waals surface area (Å²) in [4.78, 5) is 0. The van der Waals surface area contributed by atoms with Crippen LogP contribution in [0.5, 0.6) is 0 Å². The molecule has 0 aromatic heterocycles. The quantitative estimate of drug-likeness (QED) is 0.730. The Labute approximate surface area is 117 Å². The summed E-state index contributed by atoms with van der Waals surface area (Å²) >= 11 is 0. The van der Waals surface area contributed by atoms with Crippen LogP contribution in [-0.4, -0.2) is 12.7 Å². The molecule has 0 saturated heterocycles. The summed E-state index contributed by atoms with van der Waals surface area (Å²) in [5.74, 6) is 0.804. The van der Waals surface area contributed by atoms with Crippen LogP contribution in [-0.2, 0) is 21.7 Å². The van der Waals surface area contributed by atoms with Gasteiger partial charge in [-0.3, -0.25) is 0 Å². The van der Waals surface area contributed by atoms with Crippen LogP contribution >= 0.6 is 0 Å². The largest absolute Gasteiger partial charge is 0.374 e. The highest BCUT2D eigenvalue weighted by Crippen LogP contribution is 2.33. The molecular weight excluding hydrogens is 236 g/mol. The molecule has 0 N–H and O–H groups in total. The van der Waals surface area contributed by atoms with Crippen molar-refractivity contribution in [2.45, 2.75) is 58.8 Å². The van der Waals surface area contributed by atoms with Crippen molar-refractivity contribution < 1.29 is 9.47 Å². The number of ether oxygens (including phenoxy) is 2. The zero-order chi connectivity index (χ0) is 13.9. The number of rotatable bonds is 7. The van der Waals surface area contributed by atoms with Gasteiger partial charge in [0.15, 0.2) is 0 Å². The minimum Gasteiger partial charge on any atom is -0.374 e. The lowest BCUT2D eigenvalue weighted by Gasteiger charge is -2.26. The van der Waals surface area contributed by atoms with Gasteiger partial charge in [0.05, 0.1) is 24.9 Å². The fraction of sp³-hybridized carbons (Fsp3) is 0.647. The topological polar surface area (TPSA) is 18.5 Å². The second-order valence-electron chi connectivity index (χ2n) is 6.32. The Morgan fingerprint density at radius 1 is 1.16 bits per heavy atom. The minimum atomic E-state index is -0.194. The first-order chi connectivity index (χ1) is 8.97. The molecular formula is C17H26O2. The van der Waals surface area contributed by atoms with Crippen molar-refractivity contribution >= 4 is 0 Å². The van der Waals surface area contributed by atoms with E-state index in [9.17, 15) is 0 Å². The van der Waals surface area contributed by atoms with Gasteiger partial charge in [0.1, 0.15) is 0 Å². The summed E-state index contributed by atoms with van der Waals surface area (Å²) < 4.78 is 11.7. The normalized spacial score (nSPS) is 16.1. The van der Waals surface area contributed by atoms with Crippen molar-refractivity contribution in [1.82, 2.24) is 0 Å². The van der Waals surface area contributed by atoms with E-state index in [2.05, 4.69) is 52.0 Å². The highest BCUT2D eigenvalue weighted by atomic mass is 16.5. The zero-order valence-corrected chi connectivity index (χ0v) is 12.6. The van der Waals surface area contributed by atoms with Crippen molar-refractivity contribution in [3.63, 3.8) is 0 Å². The van der Waals surface area contributed by atoms with Gasteiger partial charge in [-0.05, 0) is 57.6 Å². The second kappa shape index (κ2) is 6.06. The third-order valence-electron chi connectivity index (χ3n) is 3.61. The van der Waals surface area contributed by atoms with Gasteiger partial charge < -0.3 is 9.47 Å². The molecule has 1 aromatic carbocycles. The molecule has 19 heavy (non-hydrogen) atoms. The summed E-state index contributed by atoms with van der Waals surface area (Å²) in [6, 6.07) is 8.59. The second-order valence-corrected chi connectivity index (χ2v) is 6.32. The molecule has 0 aliphatic heterocycles. The Balaban J connectivity index is 1.91. The van der Waals surface area contributed by atoms with Crippen molar-refractivity contribution in [3.05, 3.63) is 35.4 Å². The van der Waals surface area contributed by atoms with E-state index in [1.165, 1.54) is 24.0 Å². The Morgan fingerprint density at radius 2 is 1.79 bits per heavy atom. The van der Waals surface area contributed by atoms with Crippen LogP contribution in [0.1, 0.15) is 51.7 Å². The maximum Gasteiger partial charge on any atom is 0.0875 e. The van der Waals surface area contributed by atoms with Crippen molar-refractivity contribution in [2.75, 3.05) is 6.61 Å². The summed E-state index contributed by atoms with van der Waals surface area (Å²) in [6.07, 6.45) is 2.95. The third kappa shape index (κ3) is 4.63. The molecule has 0 spiro atoms. The molecule has 2 nitrogen and oxygen atoms in total. The van der Waals surface area contributed by atoms with Gasteiger partial charge in [0, 0.05) is 0 Å². The molecule has 1 aromatic rings. The average molecular weight is 262 g/mol. The average Bonchev–Trinajstić information content (AvgIpc) is 3.18. The van der Waals surface area contributed by atoms with Gasteiger partial charge in [0.25, 0.3) is 0 Å². The first-order valence-corrected chi connectivity index (χ1v) is 7.32. The Morgan fingerprint density at radius 3 is 2.32 bits per heavy atom. The number of benzene rings is 1. The number of hydrogen-bond acceptors (Lipinski definition) is 2. The lowest BCUT2D eigenvalue weighted by Crippen LogP contribution is -2.22. The van der Waals surface area contributed by atoms with Crippen LogP contribution in [0.15, 0.2) is 24.3 Å². The SMILES string of the molecule is CC(C)OCc1ccc(C(C)(C)OCC2CC2)cc1. The van der Waals surface area contributed by atoms with Crippen molar-refractivity contribution in [1.29, 1.82) is 0 Å². The van der Waals surface area contributed by atoms with E-state index in [1.54, 1.807) is 0 Å². The zero-order valence-electron chi connectivity index (χ0n) is 12.6. The van der Waals surface area contributed by atoms with E-state index in [4.69, 9.17) is 9.47 Å². The van der Waals surface area contributed by atoms with E-state index in [-0.39, 0.29) is 11.7 Å². The molecule has 1 fully saturated rings. The third-order valence-corrected chi connectivity index (χ3v) is 3.61. The van der Waals surface area contributed by atoms with Gasteiger partial charge in [-0.1, -0.05) is 24.3 Å². The van der Waals surface area contributed by atoms with Gasteiger partial charge >= 0.3 is 0 Å². The number of hydrogen-bond donors (Lipinski definition) is 0. The van der Waals surface area contributed by atoms with E-state index < -0.39 is 0 Å². The molecule has 1 aliphatic carbocycles. The van der Waals surface area contributed by atoms with Gasteiger partial charge in [-0.25, -0.2) is 0 Å². The lowest BCUT2D eigenvalue weighted by molar-refractivity contribution is -0.0274. The lowest BCUT2D eigenvalue weighted by atomic mass is 9.97. The van der Waals surface area contributed by atoms with E-state index in [0.29, 0.717) is 6.61 Å². The molecule has 1 aliphatic rings.